The predicted octanol–water partition coefficient (Wildman–Crippen LogP) is 7.17. The number of methoxy groups -OCH3 is 2. The monoisotopic (exact) mass is 547 g/mol. The average Bonchev–Trinajstić information content (AvgIpc) is 3.25. The number of anilines is 1. The van der Waals surface area contributed by atoms with E-state index >= 15 is 0 Å². The molecule has 1 aliphatic rings. The van der Waals surface area contributed by atoms with Crippen LogP contribution in [0, 0.1) is 0 Å². The van der Waals surface area contributed by atoms with E-state index in [1.807, 2.05) is 18.2 Å². The maximum atomic E-state index is 13.9. The maximum absolute atomic E-state index is 13.9. The van der Waals surface area contributed by atoms with E-state index < -0.39 is 11.9 Å². The first-order valence-electron chi connectivity index (χ1n) is 13.0. The molecule has 0 spiro atoms. The molecule has 4 aromatic rings. The van der Waals surface area contributed by atoms with Crippen LogP contribution in [-0.2, 0) is 0 Å². The Morgan fingerprint density at radius 1 is 0.897 bits per heavy atom. The Kier molecular flexibility index (Phi) is 7.79. The highest BCUT2D eigenvalue weighted by molar-refractivity contribution is 6.31. The zero-order valence-corrected chi connectivity index (χ0v) is 22.9. The van der Waals surface area contributed by atoms with Crippen LogP contribution < -0.4 is 24.5 Å². The van der Waals surface area contributed by atoms with Crippen molar-refractivity contribution in [3.05, 3.63) is 92.8 Å². The van der Waals surface area contributed by atoms with Crippen molar-refractivity contribution in [2.45, 2.75) is 38.6 Å². The summed E-state index contributed by atoms with van der Waals surface area (Å²) in [5.41, 5.74) is 1.52. The van der Waals surface area contributed by atoms with Gasteiger partial charge in [-0.15, -0.1) is 0 Å². The van der Waals surface area contributed by atoms with E-state index in [1.165, 1.54) is 0 Å². The van der Waals surface area contributed by atoms with Crippen LogP contribution in [0.5, 0.6) is 17.2 Å². The number of carbonyl (C=O) groups is 1. The van der Waals surface area contributed by atoms with Crippen molar-refractivity contribution in [1.29, 1.82) is 0 Å². The summed E-state index contributed by atoms with van der Waals surface area (Å²) in [4.78, 5) is 29.2. The Morgan fingerprint density at radius 3 is 2.41 bits per heavy atom. The first-order chi connectivity index (χ1) is 19.0. The van der Waals surface area contributed by atoms with E-state index in [0.29, 0.717) is 51.1 Å². The van der Waals surface area contributed by atoms with Gasteiger partial charge < -0.3 is 18.6 Å². The molecular weight excluding hydrogens is 518 g/mol. The molecule has 0 aliphatic carbocycles. The summed E-state index contributed by atoms with van der Waals surface area (Å²) >= 11 is 6.20. The fourth-order valence-electron chi connectivity index (χ4n) is 4.95. The van der Waals surface area contributed by atoms with E-state index in [4.69, 9.17) is 30.2 Å². The standard InChI is InChI=1S/C31H30ClNO6/c1-4-5-6-7-16-38-25-14-8-19(17-26(25)37-3)28-27-29(34)23-18-20(32)9-15-24(23)39-30(27)31(35)33(28)21-10-12-22(36-2)13-11-21/h8-15,17-18,28H,4-7,16H2,1-3H3. The smallest absolute Gasteiger partial charge is 0.295 e. The third kappa shape index (κ3) is 5.06. The number of benzene rings is 3. The molecule has 202 valence electrons. The normalized spacial score (nSPS) is 14.5. The van der Waals surface area contributed by atoms with Crippen molar-refractivity contribution in [3.8, 4) is 17.2 Å². The van der Waals surface area contributed by atoms with Gasteiger partial charge >= 0.3 is 0 Å². The molecule has 1 aliphatic heterocycles. The molecule has 1 aromatic heterocycles. The number of fused-ring (bicyclic) bond motifs is 2. The molecule has 0 fully saturated rings. The molecule has 39 heavy (non-hydrogen) atoms. The molecular formula is C31H30ClNO6. The number of unbranched alkanes of at least 4 members (excludes halogenated alkanes) is 3. The van der Waals surface area contributed by atoms with Gasteiger partial charge in [0.15, 0.2) is 16.9 Å². The number of ether oxygens (including phenoxy) is 3. The molecule has 5 rings (SSSR count). The van der Waals surface area contributed by atoms with Gasteiger partial charge in [0.25, 0.3) is 5.91 Å². The van der Waals surface area contributed by atoms with Crippen LogP contribution in [0.25, 0.3) is 11.0 Å². The minimum Gasteiger partial charge on any atom is -0.497 e. The topological polar surface area (TPSA) is 78.2 Å². The van der Waals surface area contributed by atoms with Gasteiger partial charge in [-0.25, -0.2) is 0 Å². The van der Waals surface area contributed by atoms with Gasteiger partial charge in [-0.3, -0.25) is 14.5 Å². The zero-order valence-electron chi connectivity index (χ0n) is 22.2. The van der Waals surface area contributed by atoms with Gasteiger partial charge in [-0.05, 0) is 66.6 Å². The second kappa shape index (κ2) is 11.4. The summed E-state index contributed by atoms with van der Waals surface area (Å²) in [5.74, 6) is 1.37. The first kappa shape index (κ1) is 26.6. The lowest BCUT2D eigenvalue weighted by atomic mass is 9.97. The molecule has 8 heteroatoms. The number of hydrogen-bond acceptors (Lipinski definition) is 6. The summed E-state index contributed by atoms with van der Waals surface area (Å²) in [6, 6.07) is 16.6. The molecule has 2 heterocycles. The third-order valence-corrected chi connectivity index (χ3v) is 7.18. The SMILES string of the molecule is CCCCCCOc1ccc(C2c3c(oc4ccc(Cl)cc4c3=O)C(=O)N2c2ccc(OC)cc2)cc1OC. The Balaban J connectivity index is 1.62. The van der Waals surface area contributed by atoms with Crippen LogP contribution in [0.15, 0.2) is 69.9 Å². The second-order valence-electron chi connectivity index (χ2n) is 9.41. The molecule has 1 amide bonds. The van der Waals surface area contributed by atoms with E-state index in [9.17, 15) is 9.59 Å². The van der Waals surface area contributed by atoms with Crippen LogP contribution in [0.4, 0.5) is 5.69 Å². The quantitative estimate of drug-likeness (QED) is 0.196. The Morgan fingerprint density at radius 2 is 1.69 bits per heavy atom. The number of hydrogen-bond donors (Lipinski definition) is 0. The highest BCUT2D eigenvalue weighted by Crippen LogP contribution is 2.43. The largest absolute Gasteiger partial charge is 0.497 e. The van der Waals surface area contributed by atoms with E-state index in [-0.39, 0.29) is 16.8 Å². The molecule has 3 aromatic carbocycles. The fraction of sp³-hybridized carbons (Fsp3) is 0.290. The van der Waals surface area contributed by atoms with Crippen LogP contribution in [-0.4, -0.2) is 26.7 Å². The van der Waals surface area contributed by atoms with Gasteiger partial charge in [-0.2, -0.15) is 0 Å². The Hall–Kier alpha value is -3.97. The summed E-state index contributed by atoms with van der Waals surface area (Å²) in [6.45, 7) is 2.75. The highest BCUT2D eigenvalue weighted by atomic mass is 35.5. The molecule has 1 atom stereocenters. The third-order valence-electron chi connectivity index (χ3n) is 6.94. The van der Waals surface area contributed by atoms with Crippen LogP contribution in [0.1, 0.15) is 60.3 Å². The second-order valence-corrected chi connectivity index (χ2v) is 9.85. The number of halogens is 1. The maximum Gasteiger partial charge on any atom is 0.295 e. The van der Waals surface area contributed by atoms with Gasteiger partial charge in [0.2, 0.25) is 5.76 Å². The van der Waals surface area contributed by atoms with Crippen molar-refractivity contribution in [2.24, 2.45) is 0 Å². The van der Waals surface area contributed by atoms with Crippen LogP contribution >= 0.6 is 11.6 Å². The Bertz CT molecular complexity index is 1560. The molecule has 0 bridgehead atoms. The lowest BCUT2D eigenvalue weighted by molar-refractivity contribution is 0.0971. The predicted molar refractivity (Wildman–Crippen MR) is 152 cm³/mol. The van der Waals surface area contributed by atoms with Gasteiger partial charge in [0.1, 0.15) is 11.3 Å². The molecule has 0 saturated heterocycles. The fourth-order valence-corrected chi connectivity index (χ4v) is 5.13. The number of nitrogens with zero attached hydrogens (tertiary/aromatic N) is 1. The molecule has 1 unspecified atom stereocenters. The van der Waals surface area contributed by atoms with Crippen molar-refractivity contribution in [3.63, 3.8) is 0 Å². The number of amides is 1. The first-order valence-corrected chi connectivity index (χ1v) is 13.4. The van der Waals surface area contributed by atoms with Crippen LogP contribution in [0.2, 0.25) is 5.02 Å². The van der Waals surface area contributed by atoms with Gasteiger partial charge in [0, 0.05) is 10.7 Å². The summed E-state index contributed by atoms with van der Waals surface area (Å²) < 4.78 is 23.0. The molecule has 7 nitrogen and oxygen atoms in total. The summed E-state index contributed by atoms with van der Waals surface area (Å²) in [6.07, 6.45) is 4.37. The van der Waals surface area contributed by atoms with Crippen molar-refractivity contribution in [2.75, 3.05) is 25.7 Å². The van der Waals surface area contributed by atoms with Gasteiger partial charge in [-0.1, -0.05) is 43.9 Å². The van der Waals surface area contributed by atoms with Gasteiger partial charge in [0.05, 0.1) is 37.8 Å². The van der Waals surface area contributed by atoms with Crippen molar-refractivity contribution < 1.29 is 23.4 Å². The number of rotatable bonds is 10. The molecule has 0 saturated carbocycles. The minimum absolute atomic E-state index is 0.00542. The zero-order chi connectivity index (χ0) is 27.5. The summed E-state index contributed by atoms with van der Waals surface area (Å²) in [7, 11) is 3.15. The van der Waals surface area contributed by atoms with Crippen LogP contribution in [0.3, 0.4) is 0 Å². The molecule has 0 N–H and O–H groups in total. The molecule has 0 radical (unpaired) electrons. The van der Waals surface area contributed by atoms with Crippen molar-refractivity contribution >= 4 is 34.2 Å². The lowest BCUT2D eigenvalue weighted by Crippen LogP contribution is -2.29. The number of carbonyl (C=O) groups excluding carboxylic acids is 1. The lowest BCUT2D eigenvalue weighted by Gasteiger charge is -2.26. The minimum atomic E-state index is -0.756. The van der Waals surface area contributed by atoms with Crippen molar-refractivity contribution in [1.82, 2.24) is 0 Å². The van der Waals surface area contributed by atoms with E-state index in [1.54, 1.807) is 61.6 Å². The summed E-state index contributed by atoms with van der Waals surface area (Å²) in [5, 5.41) is 0.722. The Labute approximate surface area is 231 Å². The highest BCUT2D eigenvalue weighted by Gasteiger charge is 2.44. The average molecular weight is 548 g/mol. The van der Waals surface area contributed by atoms with E-state index in [0.717, 1.165) is 25.7 Å². The van der Waals surface area contributed by atoms with E-state index in [2.05, 4.69) is 6.92 Å².